The minimum Gasteiger partial charge on any atom is -0.412 e. The zero-order valence-corrected chi connectivity index (χ0v) is 22.9. The Labute approximate surface area is 228 Å². The minimum atomic E-state index is 0. The number of anilines is 1. The summed E-state index contributed by atoms with van der Waals surface area (Å²) in [6.45, 7) is 0. The van der Waals surface area contributed by atoms with Crippen LogP contribution in [0.1, 0.15) is 130 Å². The molecule has 4 fully saturated rings. The molecular formula is C30H61N2O5. The molecule has 0 aromatic heterocycles. The van der Waals surface area contributed by atoms with Crippen molar-refractivity contribution in [2.45, 2.75) is 140 Å². The average Bonchev–Trinajstić information content (AvgIpc) is 2.87. The highest BCUT2D eigenvalue weighted by molar-refractivity contribution is 5.46. The number of hydrogen-bond acceptors (Lipinski definition) is 2. The first-order chi connectivity index (χ1) is 15.8. The van der Waals surface area contributed by atoms with Gasteiger partial charge < -0.3 is 32.5 Å². The predicted molar refractivity (Wildman–Crippen MR) is 158 cm³/mol. The third kappa shape index (κ3) is 10.1. The van der Waals surface area contributed by atoms with Crippen LogP contribution < -0.4 is 10.6 Å². The van der Waals surface area contributed by atoms with Crippen molar-refractivity contribution >= 4 is 5.69 Å². The van der Waals surface area contributed by atoms with Gasteiger partial charge in [-0.2, -0.15) is 0 Å². The van der Waals surface area contributed by atoms with Gasteiger partial charge in [0.2, 0.25) is 0 Å². The van der Waals surface area contributed by atoms with Crippen LogP contribution >= 0.6 is 0 Å². The SMILES string of the molecule is O.O.O.O.[HH].[HH].[OH].c1cc(C2CCCCC2)ccc1NC1CCC(NC2CCC(C3CCCCC3)CC2)CC1. The maximum atomic E-state index is 4.08. The molecule has 0 unspecified atom stereocenters. The maximum Gasteiger partial charge on any atom is 0.0342 e. The fourth-order valence-electron chi connectivity index (χ4n) is 7.62. The number of nitrogens with one attached hydrogen (secondary N) is 2. The molecule has 4 aliphatic carbocycles. The molecule has 0 amide bonds. The van der Waals surface area contributed by atoms with E-state index in [2.05, 4.69) is 34.9 Å². The lowest BCUT2D eigenvalue weighted by Crippen LogP contribution is -2.44. The first kappa shape index (κ1) is 35.8. The summed E-state index contributed by atoms with van der Waals surface area (Å²) in [5.41, 5.74) is 2.91. The van der Waals surface area contributed by atoms with Gasteiger partial charge in [0, 0.05) is 26.7 Å². The third-order valence-corrected chi connectivity index (χ3v) is 9.64. The first-order valence-electron chi connectivity index (χ1n) is 14.5. The molecule has 0 heterocycles. The van der Waals surface area contributed by atoms with Crippen molar-refractivity contribution in [3.8, 4) is 0 Å². The van der Waals surface area contributed by atoms with Crippen LogP contribution in [-0.4, -0.2) is 45.5 Å². The molecular weight excluding hydrogens is 468 g/mol. The summed E-state index contributed by atoms with van der Waals surface area (Å²) in [5.74, 6) is 2.94. The van der Waals surface area contributed by atoms with E-state index in [0.29, 0.717) is 6.04 Å². The normalized spacial score (nSPS) is 28.6. The highest BCUT2D eigenvalue weighted by atomic mass is 16.0. The summed E-state index contributed by atoms with van der Waals surface area (Å²) in [6, 6.07) is 11.7. The quantitative estimate of drug-likeness (QED) is 0.458. The summed E-state index contributed by atoms with van der Waals surface area (Å²) in [5, 5.41) is 7.93. The molecule has 221 valence electrons. The second kappa shape index (κ2) is 18.1. The van der Waals surface area contributed by atoms with Gasteiger partial charge >= 0.3 is 0 Å². The van der Waals surface area contributed by atoms with Gasteiger partial charge in [-0.15, -0.1) is 0 Å². The van der Waals surface area contributed by atoms with Crippen molar-refractivity contribution in [3.63, 3.8) is 0 Å². The molecule has 4 aliphatic rings. The largest absolute Gasteiger partial charge is 0.412 e. The van der Waals surface area contributed by atoms with Gasteiger partial charge in [-0.1, -0.05) is 63.5 Å². The molecule has 7 nitrogen and oxygen atoms in total. The Hall–Kier alpha value is -1.22. The summed E-state index contributed by atoms with van der Waals surface area (Å²) in [4.78, 5) is 0. The van der Waals surface area contributed by atoms with Crippen LogP contribution in [0.5, 0.6) is 0 Å². The van der Waals surface area contributed by atoms with E-state index in [1.54, 1.807) is 5.56 Å². The van der Waals surface area contributed by atoms with Gasteiger partial charge in [0.25, 0.3) is 0 Å². The second-order valence-corrected chi connectivity index (χ2v) is 11.8. The number of hydrogen-bond donors (Lipinski definition) is 3. The van der Waals surface area contributed by atoms with Gasteiger partial charge in [0.05, 0.1) is 0 Å². The third-order valence-electron chi connectivity index (χ3n) is 9.64. The Morgan fingerprint density at radius 2 is 0.919 bits per heavy atom. The Bertz CT molecular complexity index is 687. The van der Waals surface area contributed by atoms with Crippen molar-refractivity contribution in [1.29, 1.82) is 0 Å². The summed E-state index contributed by atoms with van der Waals surface area (Å²) in [7, 11) is 0. The molecule has 1 aromatic carbocycles. The van der Waals surface area contributed by atoms with E-state index < -0.39 is 0 Å². The lowest BCUT2D eigenvalue weighted by molar-refractivity contribution is 0.168. The van der Waals surface area contributed by atoms with Crippen molar-refractivity contribution in [1.82, 2.24) is 5.32 Å². The van der Waals surface area contributed by atoms with Gasteiger partial charge in [0.1, 0.15) is 0 Å². The first-order valence-corrected chi connectivity index (χ1v) is 14.5. The fourth-order valence-corrected chi connectivity index (χ4v) is 7.62. The Balaban J connectivity index is -0.00000185. The maximum absolute atomic E-state index is 4.08. The summed E-state index contributed by atoms with van der Waals surface area (Å²) in [6.07, 6.45) is 25.8. The van der Waals surface area contributed by atoms with Gasteiger partial charge in [-0.05, 0) is 99.7 Å². The summed E-state index contributed by atoms with van der Waals surface area (Å²) >= 11 is 0. The topological polar surface area (TPSA) is 180 Å². The molecule has 1 aromatic rings. The highest BCUT2D eigenvalue weighted by Gasteiger charge is 2.30. The lowest BCUT2D eigenvalue weighted by Gasteiger charge is -2.38. The molecule has 0 aliphatic heterocycles. The molecule has 4 saturated carbocycles. The van der Waals surface area contributed by atoms with E-state index in [0.717, 1.165) is 29.8 Å². The molecule has 0 spiro atoms. The van der Waals surface area contributed by atoms with Crippen molar-refractivity contribution in [2.24, 2.45) is 11.8 Å². The van der Waals surface area contributed by atoms with Crippen LogP contribution in [0.25, 0.3) is 0 Å². The Kier molecular flexibility index (Phi) is 17.5. The molecule has 11 N–H and O–H groups in total. The standard InChI is InChI=1S/C30H48N2.4H2O.HO.2H2/c1-3-7-23(8-4-1)25-11-15-27(16-12-25)31-29-19-21-30(22-20-29)32-28-17-13-26(14-18-28)24-9-5-2-6-10-24;;;;;;;/h11-12,15-16,23-24,26,28-32H,1-10,13-14,17-22H2;4*1H2;3*1H. The van der Waals surface area contributed by atoms with Crippen LogP contribution in [0.4, 0.5) is 5.69 Å². The van der Waals surface area contributed by atoms with E-state index in [-0.39, 0.29) is 30.2 Å². The molecule has 5 rings (SSSR count). The average molecular weight is 530 g/mol. The van der Waals surface area contributed by atoms with Crippen LogP contribution in [-0.2, 0) is 0 Å². The zero-order chi connectivity index (χ0) is 21.6. The highest BCUT2D eigenvalue weighted by Crippen LogP contribution is 2.39. The van der Waals surface area contributed by atoms with Crippen molar-refractivity contribution in [3.05, 3.63) is 29.8 Å². The van der Waals surface area contributed by atoms with E-state index in [9.17, 15) is 0 Å². The van der Waals surface area contributed by atoms with E-state index in [1.165, 1.54) is 121 Å². The zero-order valence-electron chi connectivity index (χ0n) is 22.9. The summed E-state index contributed by atoms with van der Waals surface area (Å²) < 4.78 is 0. The minimum absolute atomic E-state index is 0. The lowest BCUT2D eigenvalue weighted by atomic mass is 9.72. The molecule has 0 saturated heterocycles. The smallest absolute Gasteiger partial charge is 0.0342 e. The van der Waals surface area contributed by atoms with Crippen molar-refractivity contribution in [2.75, 3.05) is 5.32 Å². The predicted octanol–water partition coefficient (Wildman–Crippen LogP) is 5.20. The monoisotopic (exact) mass is 529 g/mol. The molecule has 7 heteroatoms. The van der Waals surface area contributed by atoms with Gasteiger partial charge in [0.15, 0.2) is 0 Å². The van der Waals surface area contributed by atoms with Crippen molar-refractivity contribution < 1.29 is 30.2 Å². The van der Waals surface area contributed by atoms with Crippen LogP contribution in [0.15, 0.2) is 24.3 Å². The Morgan fingerprint density at radius 1 is 0.486 bits per heavy atom. The van der Waals surface area contributed by atoms with E-state index >= 15 is 0 Å². The van der Waals surface area contributed by atoms with E-state index in [4.69, 9.17) is 0 Å². The van der Waals surface area contributed by atoms with Gasteiger partial charge in [-0.3, -0.25) is 5.48 Å². The van der Waals surface area contributed by atoms with Gasteiger partial charge in [-0.25, -0.2) is 0 Å². The van der Waals surface area contributed by atoms with Crippen LogP contribution in [0.3, 0.4) is 0 Å². The molecule has 1 radical (unpaired) electrons. The molecule has 37 heavy (non-hydrogen) atoms. The van der Waals surface area contributed by atoms with Crippen LogP contribution in [0, 0.1) is 11.8 Å². The van der Waals surface area contributed by atoms with E-state index in [1.807, 2.05) is 0 Å². The fraction of sp³-hybridized carbons (Fsp3) is 0.800. The Morgan fingerprint density at radius 3 is 1.46 bits per heavy atom. The number of benzene rings is 1. The molecule has 0 bridgehead atoms. The molecule has 0 atom stereocenters. The number of rotatable bonds is 6. The van der Waals surface area contributed by atoms with Crippen LogP contribution in [0.2, 0.25) is 0 Å². The second-order valence-electron chi connectivity index (χ2n) is 11.8.